The largest absolute Gasteiger partial charge is 0.339 e. The first-order chi connectivity index (χ1) is 9.16. The van der Waals surface area contributed by atoms with E-state index in [2.05, 4.69) is 11.5 Å². The predicted molar refractivity (Wildman–Crippen MR) is 72.4 cm³/mol. The highest BCUT2D eigenvalue weighted by molar-refractivity contribution is 5.87. The quantitative estimate of drug-likeness (QED) is 0.709. The number of rotatable bonds is 2. The van der Waals surface area contributed by atoms with Gasteiger partial charge in [0.25, 0.3) is 0 Å². The average molecular weight is 262 g/mol. The molecular weight excluding hydrogens is 240 g/mol. The number of carbonyl (C=O) groups excluding carboxylic acids is 2. The van der Waals surface area contributed by atoms with Gasteiger partial charge in [-0.2, -0.15) is 0 Å². The summed E-state index contributed by atoms with van der Waals surface area (Å²) in [4.78, 5) is 28.0. The van der Waals surface area contributed by atoms with Gasteiger partial charge in [0.05, 0.1) is 0 Å². The summed E-state index contributed by atoms with van der Waals surface area (Å²) in [5, 5.41) is 0. The van der Waals surface area contributed by atoms with Crippen molar-refractivity contribution in [2.75, 3.05) is 19.6 Å². The van der Waals surface area contributed by atoms with Crippen LogP contribution in [0.5, 0.6) is 0 Å². The normalized spacial score (nSPS) is 25.7. The zero-order valence-electron chi connectivity index (χ0n) is 11.4. The van der Waals surface area contributed by atoms with Gasteiger partial charge in [0.1, 0.15) is 0 Å². The van der Waals surface area contributed by atoms with Crippen LogP contribution in [-0.4, -0.2) is 46.8 Å². The van der Waals surface area contributed by atoms with E-state index in [-0.39, 0.29) is 17.4 Å². The molecule has 0 aromatic carbocycles. The van der Waals surface area contributed by atoms with Crippen molar-refractivity contribution in [3.8, 4) is 0 Å². The van der Waals surface area contributed by atoms with Crippen LogP contribution < -0.4 is 0 Å². The Balaban J connectivity index is 1.55. The summed E-state index contributed by atoms with van der Waals surface area (Å²) in [6, 6.07) is 0. The monoisotopic (exact) mass is 262 g/mol. The Kier molecular flexibility index (Phi) is 3.11. The maximum atomic E-state index is 12.5. The third-order valence-electron chi connectivity index (χ3n) is 5.25. The number of hydrogen-bond donors (Lipinski definition) is 0. The van der Waals surface area contributed by atoms with Crippen LogP contribution in [0.25, 0.3) is 0 Å². The molecule has 0 bridgehead atoms. The standard InChI is InChI=1S/C15H22N2O2/c1-2-13(18)16-9-4-12(5-10-16)14(19)17-11-8-15(17)6-3-7-15/h2,12H,1,3-11H2. The van der Waals surface area contributed by atoms with E-state index in [1.807, 2.05) is 0 Å². The van der Waals surface area contributed by atoms with Gasteiger partial charge < -0.3 is 9.80 Å². The molecule has 4 nitrogen and oxygen atoms in total. The fourth-order valence-electron chi connectivity index (χ4n) is 3.68. The highest BCUT2D eigenvalue weighted by Crippen LogP contribution is 2.48. The van der Waals surface area contributed by atoms with Crippen LogP contribution in [-0.2, 0) is 9.59 Å². The van der Waals surface area contributed by atoms with Crippen molar-refractivity contribution in [1.29, 1.82) is 0 Å². The molecule has 2 aliphatic heterocycles. The van der Waals surface area contributed by atoms with Crippen molar-refractivity contribution in [3.63, 3.8) is 0 Å². The van der Waals surface area contributed by atoms with Crippen molar-refractivity contribution in [1.82, 2.24) is 9.80 Å². The summed E-state index contributed by atoms with van der Waals surface area (Å²) in [5.74, 6) is 0.466. The third-order valence-corrected chi connectivity index (χ3v) is 5.25. The van der Waals surface area contributed by atoms with Crippen LogP contribution >= 0.6 is 0 Å². The fourth-order valence-corrected chi connectivity index (χ4v) is 3.68. The first-order valence-corrected chi connectivity index (χ1v) is 7.39. The zero-order valence-corrected chi connectivity index (χ0v) is 11.4. The summed E-state index contributed by atoms with van der Waals surface area (Å²) in [6.45, 7) is 5.85. The summed E-state index contributed by atoms with van der Waals surface area (Å²) in [7, 11) is 0. The van der Waals surface area contributed by atoms with Gasteiger partial charge in [-0.1, -0.05) is 6.58 Å². The van der Waals surface area contributed by atoms with Crippen LogP contribution in [0.1, 0.15) is 38.5 Å². The van der Waals surface area contributed by atoms with Crippen molar-refractivity contribution in [2.45, 2.75) is 44.1 Å². The van der Waals surface area contributed by atoms with E-state index in [9.17, 15) is 9.59 Å². The van der Waals surface area contributed by atoms with Crippen LogP contribution in [0.4, 0.5) is 0 Å². The molecule has 0 aromatic heterocycles. The summed E-state index contributed by atoms with van der Waals surface area (Å²) in [5.41, 5.74) is 0.255. The number of hydrogen-bond acceptors (Lipinski definition) is 2. The number of amides is 2. The lowest BCUT2D eigenvalue weighted by Crippen LogP contribution is -2.67. The van der Waals surface area contributed by atoms with Crippen LogP contribution in [0.15, 0.2) is 12.7 Å². The molecule has 3 aliphatic rings. The zero-order chi connectivity index (χ0) is 13.5. The number of nitrogens with zero attached hydrogens (tertiary/aromatic N) is 2. The van der Waals surface area contributed by atoms with Gasteiger partial charge in [-0.25, -0.2) is 0 Å². The van der Waals surface area contributed by atoms with Crippen LogP contribution in [0.3, 0.4) is 0 Å². The van der Waals surface area contributed by atoms with Gasteiger partial charge in [0, 0.05) is 31.1 Å². The Morgan fingerprint density at radius 2 is 1.79 bits per heavy atom. The maximum Gasteiger partial charge on any atom is 0.245 e. The molecule has 0 aromatic rings. The molecule has 1 spiro atoms. The SMILES string of the molecule is C=CC(=O)N1CCC(C(=O)N2CCC23CCC3)CC1. The molecule has 0 atom stereocenters. The molecule has 4 heteroatoms. The van der Waals surface area contributed by atoms with E-state index < -0.39 is 0 Å². The number of likely N-dealkylation sites (tertiary alicyclic amines) is 2. The maximum absolute atomic E-state index is 12.5. The number of piperidine rings is 1. The summed E-state index contributed by atoms with van der Waals surface area (Å²) >= 11 is 0. The number of carbonyl (C=O) groups is 2. The molecule has 0 N–H and O–H groups in total. The molecule has 2 heterocycles. The van der Waals surface area contributed by atoms with Crippen molar-refractivity contribution >= 4 is 11.8 Å². The molecule has 104 valence electrons. The molecule has 2 saturated heterocycles. The van der Waals surface area contributed by atoms with Gasteiger partial charge in [0.15, 0.2) is 0 Å². The lowest BCUT2D eigenvalue weighted by molar-refractivity contribution is -0.162. The lowest BCUT2D eigenvalue weighted by Gasteiger charge is -2.59. The molecule has 1 aliphatic carbocycles. The fraction of sp³-hybridized carbons (Fsp3) is 0.733. The van der Waals surface area contributed by atoms with Crippen LogP contribution in [0, 0.1) is 5.92 Å². The minimum Gasteiger partial charge on any atom is -0.339 e. The van der Waals surface area contributed by atoms with E-state index in [0.29, 0.717) is 19.0 Å². The molecular formula is C15H22N2O2. The molecule has 19 heavy (non-hydrogen) atoms. The predicted octanol–water partition coefficient (Wildman–Crippen LogP) is 1.57. The minimum absolute atomic E-state index is 0.00897. The molecule has 3 fully saturated rings. The van der Waals surface area contributed by atoms with Gasteiger partial charge in [-0.3, -0.25) is 9.59 Å². The van der Waals surface area contributed by atoms with Crippen molar-refractivity contribution in [2.24, 2.45) is 5.92 Å². The second-order valence-corrected chi connectivity index (χ2v) is 6.12. The van der Waals surface area contributed by atoms with E-state index in [0.717, 1.165) is 19.4 Å². The smallest absolute Gasteiger partial charge is 0.245 e. The van der Waals surface area contributed by atoms with Gasteiger partial charge in [-0.05, 0) is 44.6 Å². The second kappa shape index (κ2) is 4.66. The highest BCUT2D eigenvalue weighted by atomic mass is 16.2. The van der Waals surface area contributed by atoms with Gasteiger partial charge in [-0.15, -0.1) is 0 Å². The van der Waals surface area contributed by atoms with Crippen LogP contribution in [0.2, 0.25) is 0 Å². The Hall–Kier alpha value is -1.32. The minimum atomic E-state index is -0.00897. The van der Waals surface area contributed by atoms with E-state index >= 15 is 0 Å². The van der Waals surface area contributed by atoms with Gasteiger partial charge >= 0.3 is 0 Å². The van der Waals surface area contributed by atoms with Gasteiger partial charge in [0.2, 0.25) is 11.8 Å². The van der Waals surface area contributed by atoms with Crippen molar-refractivity contribution in [3.05, 3.63) is 12.7 Å². The molecule has 1 saturated carbocycles. The van der Waals surface area contributed by atoms with Crippen molar-refractivity contribution < 1.29 is 9.59 Å². The van der Waals surface area contributed by atoms with E-state index in [1.165, 1.54) is 31.8 Å². The summed E-state index contributed by atoms with van der Waals surface area (Å²) in [6.07, 6.45) is 7.86. The summed E-state index contributed by atoms with van der Waals surface area (Å²) < 4.78 is 0. The third kappa shape index (κ3) is 1.97. The molecule has 2 amide bonds. The molecule has 0 unspecified atom stereocenters. The average Bonchev–Trinajstić information content (AvgIpc) is 2.35. The van der Waals surface area contributed by atoms with E-state index in [4.69, 9.17) is 0 Å². The lowest BCUT2D eigenvalue weighted by atomic mass is 9.67. The highest BCUT2D eigenvalue weighted by Gasteiger charge is 2.52. The Morgan fingerprint density at radius 3 is 2.21 bits per heavy atom. The molecule has 0 radical (unpaired) electrons. The molecule has 3 rings (SSSR count). The second-order valence-electron chi connectivity index (χ2n) is 6.12. The first-order valence-electron chi connectivity index (χ1n) is 7.39. The Bertz CT molecular complexity index is 401. The van der Waals surface area contributed by atoms with E-state index in [1.54, 1.807) is 4.90 Å². The Morgan fingerprint density at radius 1 is 1.11 bits per heavy atom. The topological polar surface area (TPSA) is 40.6 Å². The Labute approximate surface area is 114 Å². The first kappa shape index (κ1) is 12.7.